The van der Waals surface area contributed by atoms with Crippen LogP contribution in [0.25, 0.3) is 0 Å². The fourth-order valence-electron chi connectivity index (χ4n) is 3.50. The minimum atomic E-state index is -0.857. The highest BCUT2D eigenvalue weighted by Gasteiger charge is 2.60. The molecule has 2 bridgehead atoms. The van der Waals surface area contributed by atoms with E-state index in [4.69, 9.17) is 4.74 Å². The average molecular weight is 285 g/mol. The van der Waals surface area contributed by atoms with Gasteiger partial charge in [-0.15, -0.1) is 0 Å². The molecule has 3 aliphatic rings. The van der Waals surface area contributed by atoms with Crippen molar-refractivity contribution in [2.75, 3.05) is 6.54 Å². The maximum atomic E-state index is 12.4. The van der Waals surface area contributed by atoms with E-state index in [0.29, 0.717) is 5.56 Å². The lowest BCUT2D eigenvalue weighted by Crippen LogP contribution is -2.37. The van der Waals surface area contributed by atoms with Crippen LogP contribution in [0.3, 0.4) is 0 Å². The van der Waals surface area contributed by atoms with Gasteiger partial charge in [-0.2, -0.15) is 0 Å². The lowest BCUT2D eigenvalue weighted by Gasteiger charge is -2.21. The second-order valence-corrected chi connectivity index (χ2v) is 5.72. The van der Waals surface area contributed by atoms with Gasteiger partial charge < -0.3 is 9.84 Å². The molecule has 2 saturated heterocycles. The highest BCUT2D eigenvalue weighted by Crippen LogP contribution is 2.45. The molecule has 0 radical (unpaired) electrons. The molecule has 0 aliphatic carbocycles. The van der Waals surface area contributed by atoms with E-state index in [1.807, 2.05) is 30.4 Å². The van der Waals surface area contributed by atoms with Gasteiger partial charge in [0.15, 0.2) is 0 Å². The molecule has 2 amide bonds. The number of benzene rings is 1. The number of carbonyl (C=O) groups is 2. The van der Waals surface area contributed by atoms with Crippen molar-refractivity contribution in [3.63, 3.8) is 0 Å². The molecule has 2 fully saturated rings. The highest BCUT2D eigenvalue weighted by molar-refractivity contribution is 6.06. The molecule has 1 aromatic carbocycles. The van der Waals surface area contributed by atoms with E-state index in [1.54, 1.807) is 12.1 Å². The third kappa shape index (κ3) is 1.78. The first-order valence-corrected chi connectivity index (χ1v) is 7.09. The van der Waals surface area contributed by atoms with Crippen molar-refractivity contribution in [1.29, 1.82) is 0 Å². The summed E-state index contributed by atoms with van der Waals surface area (Å²) in [6.45, 7) is 0.00806. The zero-order valence-electron chi connectivity index (χ0n) is 11.3. The number of rotatable bonds is 3. The van der Waals surface area contributed by atoms with Crippen LogP contribution >= 0.6 is 0 Å². The van der Waals surface area contributed by atoms with Crippen molar-refractivity contribution in [1.82, 2.24) is 4.90 Å². The Balaban J connectivity index is 1.55. The summed E-state index contributed by atoms with van der Waals surface area (Å²) in [5, 5.41) is 10.2. The van der Waals surface area contributed by atoms with Crippen molar-refractivity contribution in [2.24, 2.45) is 11.8 Å². The number of hydrogen-bond donors (Lipinski definition) is 1. The monoisotopic (exact) mass is 285 g/mol. The summed E-state index contributed by atoms with van der Waals surface area (Å²) in [6.07, 6.45) is 2.29. The predicted octanol–water partition coefficient (Wildman–Crippen LogP) is 0.658. The standard InChI is InChI=1S/C16H15NO4/c18-10(9-4-2-1-3-5-9)8-17-15(19)13-11-6-7-12(21-11)14(13)16(17)20/h1-7,10-14,18H,8H2/t10-,11-,12+,13+,14-/m1/s1. The zero-order valence-corrected chi connectivity index (χ0v) is 11.3. The molecule has 0 spiro atoms. The van der Waals surface area contributed by atoms with Crippen LogP contribution in [0.4, 0.5) is 0 Å². The van der Waals surface area contributed by atoms with E-state index in [1.165, 1.54) is 4.90 Å². The van der Waals surface area contributed by atoms with Gasteiger partial charge in [-0.05, 0) is 5.56 Å². The molecule has 1 aromatic rings. The second-order valence-electron chi connectivity index (χ2n) is 5.72. The number of β-amino-alcohol motifs (C(OH)–C–C–N with tert-alkyl or cyclic N) is 1. The number of aliphatic hydroxyl groups is 1. The maximum Gasteiger partial charge on any atom is 0.236 e. The van der Waals surface area contributed by atoms with Gasteiger partial charge in [0.2, 0.25) is 11.8 Å². The van der Waals surface area contributed by atoms with Gasteiger partial charge in [-0.25, -0.2) is 0 Å². The Hall–Kier alpha value is -1.98. The topological polar surface area (TPSA) is 66.8 Å². The van der Waals surface area contributed by atoms with E-state index in [2.05, 4.69) is 0 Å². The van der Waals surface area contributed by atoms with Crippen molar-refractivity contribution in [3.05, 3.63) is 48.0 Å². The Morgan fingerprint density at radius 1 is 1.05 bits per heavy atom. The first kappa shape index (κ1) is 12.7. The summed E-state index contributed by atoms with van der Waals surface area (Å²) >= 11 is 0. The number of carbonyl (C=O) groups excluding carboxylic acids is 2. The molecule has 3 aliphatic heterocycles. The van der Waals surface area contributed by atoms with Gasteiger partial charge >= 0.3 is 0 Å². The van der Waals surface area contributed by atoms with Crippen LogP contribution in [0, 0.1) is 11.8 Å². The molecule has 0 saturated carbocycles. The zero-order chi connectivity index (χ0) is 14.6. The summed E-state index contributed by atoms with van der Waals surface area (Å²) in [5.41, 5.74) is 0.701. The summed E-state index contributed by atoms with van der Waals surface area (Å²) in [4.78, 5) is 26.1. The van der Waals surface area contributed by atoms with E-state index in [0.717, 1.165) is 0 Å². The Kier molecular flexibility index (Phi) is 2.74. The van der Waals surface area contributed by atoms with Crippen LogP contribution in [0.5, 0.6) is 0 Å². The lowest BCUT2D eigenvalue weighted by atomic mass is 9.85. The number of likely N-dealkylation sites (tertiary alicyclic amines) is 1. The quantitative estimate of drug-likeness (QED) is 0.654. The Morgan fingerprint density at radius 2 is 1.62 bits per heavy atom. The third-order valence-corrected chi connectivity index (χ3v) is 4.54. The van der Waals surface area contributed by atoms with Gasteiger partial charge in [0, 0.05) is 0 Å². The molecule has 0 aromatic heterocycles. The molecule has 5 nitrogen and oxygen atoms in total. The Labute approximate surface area is 121 Å². The van der Waals surface area contributed by atoms with Crippen LogP contribution in [-0.2, 0) is 14.3 Å². The van der Waals surface area contributed by atoms with Gasteiger partial charge in [0.1, 0.15) is 0 Å². The third-order valence-electron chi connectivity index (χ3n) is 4.54. The molecule has 5 heteroatoms. The van der Waals surface area contributed by atoms with E-state index < -0.39 is 17.9 Å². The largest absolute Gasteiger partial charge is 0.387 e. The van der Waals surface area contributed by atoms with E-state index in [-0.39, 0.29) is 30.6 Å². The number of ether oxygens (including phenoxy) is 1. The molecule has 5 atom stereocenters. The molecule has 4 rings (SSSR count). The second kappa shape index (κ2) is 4.51. The molecule has 1 N–H and O–H groups in total. The fourth-order valence-corrected chi connectivity index (χ4v) is 3.50. The molecular weight excluding hydrogens is 270 g/mol. The van der Waals surface area contributed by atoms with Crippen LogP contribution in [0.2, 0.25) is 0 Å². The number of fused-ring (bicyclic) bond motifs is 5. The normalized spacial score (nSPS) is 34.6. The van der Waals surface area contributed by atoms with Gasteiger partial charge in [0.25, 0.3) is 0 Å². The number of imide groups is 1. The smallest absolute Gasteiger partial charge is 0.236 e. The van der Waals surface area contributed by atoms with Crippen molar-refractivity contribution in [3.8, 4) is 0 Å². The minimum absolute atomic E-state index is 0.00806. The molecule has 21 heavy (non-hydrogen) atoms. The first-order valence-electron chi connectivity index (χ1n) is 7.09. The predicted molar refractivity (Wildman–Crippen MR) is 72.9 cm³/mol. The highest BCUT2D eigenvalue weighted by atomic mass is 16.5. The lowest BCUT2D eigenvalue weighted by molar-refractivity contribution is -0.144. The van der Waals surface area contributed by atoms with Crippen LogP contribution < -0.4 is 0 Å². The number of aliphatic hydroxyl groups excluding tert-OH is 1. The average Bonchev–Trinajstić information content (AvgIpc) is 3.18. The Morgan fingerprint density at radius 3 is 2.19 bits per heavy atom. The minimum Gasteiger partial charge on any atom is -0.387 e. The molecule has 0 unspecified atom stereocenters. The van der Waals surface area contributed by atoms with Gasteiger partial charge in [-0.3, -0.25) is 14.5 Å². The van der Waals surface area contributed by atoms with Crippen molar-refractivity contribution < 1.29 is 19.4 Å². The molecule has 108 valence electrons. The summed E-state index contributed by atoms with van der Waals surface area (Å²) < 4.78 is 5.58. The van der Waals surface area contributed by atoms with E-state index >= 15 is 0 Å². The molecular formula is C16H15NO4. The Bertz CT molecular complexity index is 596. The van der Waals surface area contributed by atoms with Crippen molar-refractivity contribution in [2.45, 2.75) is 18.3 Å². The SMILES string of the molecule is O=C1[C@@H]2[C@H](C(=O)N1C[C@@H](O)c1ccccc1)[C@@H]1C=C[C@H]2O1. The van der Waals surface area contributed by atoms with Crippen LogP contribution in [-0.4, -0.2) is 40.6 Å². The number of nitrogens with zero attached hydrogens (tertiary/aromatic N) is 1. The van der Waals surface area contributed by atoms with Gasteiger partial charge in [-0.1, -0.05) is 42.5 Å². The summed E-state index contributed by atoms with van der Waals surface area (Å²) in [7, 11) is 0. The van der Waals surface area contributed by atoms with Crippen molar-refractivity contribution >= 4 is 11.8 Å². The maximum absolute atomic E-state index is 12.4. The summed E-state index contributed by atoms with van der Waals surface area (Å²) in [5.74, 6) is -1.26. The molecule has 3 heterocycles. The summed E-state index contributed by atoms with van der Waals surface area (Å²) in [6, 6.07) is 9.06. The number of amides is 2. The van der Waals surface area contributed by atoms with Crippen LogP contribution in [0.15, 0.2) is 42.5 Å². The van der Waals surface area contributed by atoms with E-state index in [9.17, 15) is 14.7 Å². The first-order chi connectivity index (χ1) is 10.2. The van der Waals surface area contributed by atoms with Gasteiger partial charge in [0.05, 0.1) is 36.7 Å². The van der Waals surface area contributed by atoms with Crippen LogP contribution in [0.1, 0.15) is 11.7 Å². The number of hydrogen-bond acceptors (Lipinski definition) is 4. The fraction of sp³-hybridized carbons (Fsp3) is 0.375.